The van der Waals surface area contributed by atoms with Crippen molar-refractivity contribution in [1.29, 1.82) is 0 Å². The molecular formula is C9H10ClN5O. The van der Waals surface area contributed by atoms with Gasteiger partial charge >= 0.3 is 6.01 Å². The van der Waals surface area contributed by atoms with Crippen LogP contribution in [0.1, 0.15) is 23.9 Å². The van der Waals surface area contributed by atoms with Crippen LogP contribution in [-0.4, -0.2) is 20.2 Å². The highest BCUT2D eigenvalue weighted by Gasteiger charge is 2.10. The first kappa shape index (κ1) is 10.8. The molecule has 7 heteroatoms. The number of aromatic nitrogens is 4. The Bertz CT molecular complexity index is 444. The Hall–Kier alpha value is -1.69. The van der Waals surface area contributed by atoms with Crippen LogP contribution in [0.4, 0.5) is 6.01 Å². The number of anilines is 1. The molecule has 0 spiro atoms. The van der Waals surface area contributed by atoms with Gasteiger partial charge in [-0.3, -0.25) is 0 Å². The van der Waals surface area contributed by atoms with Crippen molar-refractivity contribution in [2.45, 2.75) is 18.8 Å². The summed E-state index contributed by atoms with van der Waals surface area (Å²) < 4.78 is 5.26. The number of hydrogen-bond acceptors (Lipinski definition) is 6. The average Bonchev–Trinajstić information content (AvgIpc) is 2.76. The number of halogens is 1. The highest BCUT2D eigenvalue weighted by atomic mass is 35.5. The van der Waals surface area contributed by atoms with Crippen molar-refractivity contribution in [3.8, 4) is 0 Å². The summed E-state index contributed by atoms with van der Waals surface area (Å²) in [5.74, 6) is 0.395. The van der Waals surface area contributed by atoms with E-state index in [1.165, 1.54) is 6.33 Å². The van der Waals surface area contributed by atoms with Crippen LogP contribution in [0.15, 0.2) is 23.0 Å². The van der Waals surface area contributed by atoms with Gasteiger partial charge in [0.2, 0.25) is 5.89 Å². The van der Waals surface area contributed by atoms with Crippen molar-refractivity contribution in [1.82, 2.24) is 20.2 Å². The lowest BCUT2D eigenvalue weighted by Crippen LogP contribution is -2.01. The van der Waals surface area contributed by atoms with Crippen molar-refractivity contribution in [2.75, 3.05) is 5.32 Å². The van der Waals surface area contributed by atoms with Crippen LogP contribution in [0, 0.1) is 0 Å². The third-order valence-electron chi connectivity index (χ3n) is 1.84. The van der Waals surface area contributed by atoms with E-state index in [2.05, 4.69) is 25.5 Å². The highest BCUT2D eigenvalue weighted by molar-refractivity contribution is 6.20. The van der Waals surface area contributed by atoms with Gasteiger partial charge in [0.05, 0.1) is 12.2 Å². The van der Waals surface area contributed by atoms with Crippen LogP contribution in [0.2, 0.25) is 0 Å². The van der Waals surface area contributed by atoms with Crippen molar-refractivity contribution >= 4 is 17.6 Å². The fourth-order valence-electron chi connectivity index (χ4n) is 1.06. The summed E-state index contributed by atoms with van der Waals surface area (Å²) >= 11 is 5.79. The van der Waals surface area contributed by atoms with Crippen LogP contribution in [0.5, 0.6) is 0 Å². The summed E-state index contributed by atoms with van der Waals surface area (Å²) in [6.45, 7) is 2.27. The molecule has 2 rings (SSSR count). The van der Waals surface area contributed by atoms with Gasteiger partial charge in [0, 0.05) is 6.20 Å². The zero-order valence-corrected chi connectivity index (χ0v) is 9.35. The monoisotopic (exact) mass is 239 g/mol. The van der Waals surface area contributed by atoms with E-state index < -0.39 is 0 Å². The number of hydrogen-bond donors (Lipinski definition) is 1. The molecule has 1 atom stereocenters. The lowest BCUT2D eigenvalue weighted by molar-refractivity contribution is 0.505. The lowest BCUT2D eigenvalue weighted by atomic mass is 10.4. The molecule has 0 aromatic carbocycles. The smallest absolute Gasteiger partial charge is 0.315 e. The molecule has 2 heterocycles. The van der Waals surface area contributed by atoms with Crippen molar-refractivity contribution < 1.29 is 4.42 Å². The normalized spacial score (nSPS) is 12.4. The first-order valence-corrected chi connectivity index (χ1v) is 5.15. The second-order valence-corrected chi connectivity index (χ2v) is 3.77. The average molecular weight is 240 g/mol. The van der Waals surface area contributed by atoms with Gasteiger partial charge in [-0.25, -0.2) is 9.97 Å². The zero-order chi connectivity index (χ0) is 11.4. The van der Waals surface area contributed by atoms with Gasteiger partial charge in [0.15, 0.2) is 0 Å². The fourth-order valence-corrected chi connectivity index (χ4v) is 1.14. The van der Waals surface area contributed by atoms with E-state index in [4.69, 9.17) is 16.0 Å². The fraction of sp³-hybridized carbons (Fsp3) is 0.333. The molecule has 0 radical (unpaired) electrons. The molecule has 0 saturated heterocycles. The lowest BCUT2D eigenvalue weighted by Gasteiger charge is -1.99. The minimum absolute atomic E-state index is 0.290. The summed E-state index contributed by atoms with van der Waals surface area (Å²) in [6, 6.07) is 2.13. The summed E-state index contributed by atoms with van der Waals surface area (Å²) in [5.41, 5.74) is 0.841. The van der Waals surface area contributed by atoms with Gasteiger partial charge in [-0.05, 0) is 13.0 Å². The highest BCUT2D eigenvalue weighted by Crippen LogP contribution is 2.19. The second kappa shape index (κ2) is 4.89. The zero-order valence-electron chi connectivity index (χ0n) is 8.59. The molecule has 0 aliphatic heterocycles. The molecule has 2 aromatic heterocycles. The van der Waals surface area contributed by atoms with Gasteiger partial charge in [0.1, 0.15) is 11.7 Å². The molecule has 2 aromatic rings. The number of nitrogens with one attached hydrogen (secondary N) is 1. The number of nitrogens with zero attached hydrogens (tertiary/aromatic N) is 4. The molecule has 16 heavy (non-hydrogen) atoms. The predicted molar refractivity (Wildman–Crippen MR) is 57.9 cm³/mol. The van der Waals surface area contributed by atoms with Gasteiger partial charge < -0.3 is 9.73 Å². The molecule has 1 N–H and O–H groups in total. The quantitative estimate of drug-likeness (QED) is 0.820. The Labute approximate surface area is 97.1 Å². The van der Waals surface area contributed by atoms with Crippen molar-refractivity contribution in [3.05, 3.63) is 30.2 Å². The Balaban J connectivity index is 1.95. The summed E-state index contributed by atoms with van der Waals surface area (Å²) in [4.78, 5) is 7.87. The third kappa shape index (κ3) is 2.66. The van der Waals surface area contributed by atoms with Crippen LogP contribution >= 0.6 is 11.6 Å². The summed E-state index contributed by atoms with van der Waals surface area (Å²) in [6.07, 6.45) is 3.15. The molecule has 0 saturated carbocycles. The molecule has 6 nitrogen and oxygen atoms in total. The Kier molecular flexibility index (Phi) is 3.31. The van der Waals surface area contributed by atoms with Gasteiger partial charge in [0.25, 0.3) is 0 Å². The maximum atomic E-state index is 5.79. The van der Waals surface area contributed by atoms with Gasteiger partial charge in [-0.15, -0.1) is 16.7 Å². The molecule has 1 unspecified atom stereocenters. The molecular weight excluding hydrogens is 230 g/mol. The van der Waals surface area contributed by atoms with Crippen molar-refractivity contribution in [2.24, 2.45) is 0 Å². The maximum absolute atomic E-state index is 5.79. The first-order chi connectivity index (χ1) is 7.75. The molecule has 84 valence electrons. The third-order valence-corrected chi connectivity index (χ3v) is 2.03. The van der Waals surface area contributed by atoms with E-state index in [9.17, 15) is 0 Å². The van der Waals surface area contributed by atoms with E-state index in [-0.39, 0.29) is 5.38 Å². The number of rotatable bonds is 4. The van der Waals surface area contributed by atoms with Gasteiger partial charge in [-0.1, -0.05) is 5.10 Å². The Morgan fingerprint density at radius 1 is 1.50 bits per heavy atom. The maximum Gasteiger partial charge on any atom is 0.315 e. The molecule has 0 bridgehead atoms. The summed E-state index contributed by atoms with van der Waals surface area (Å²) in [5, 5.41) is 10.2. The van der Waals surface area contributed by atoms with Crippen LogP contribution in [0.3, 0.4) is 0 Å². The van der Waals surface area contributed by atoms with E-state index in [0.717, 1.165) is 5.69 Å². The van der Waals surface area contributed by atoms with Crippen LogP contribution < -0.4 is 5.32 Å². The molecule has 0 aliphatic carbocycles. The minimum Gasteiger partial charge on any atom is -0.406 e. The minimum atomic E-state index is -0.290. The van der Waals surface area contributed by atoms with Crippen LogP contribution in [0.25, 0.3) is 0 Å². The Morgan fingerprint density at radius 2 is 2.38 bits per heavy atom. The number of alkyl halides is 1. The largest absolute Gasteiger partial charge is 0.406 e. The molecule has 0 fully saturated rings. The van der Waals surface area contributed by atoms with E-state index in [1.54, 1.807) is 19.2 Å². The topological polar surface area (TPSA) is 76.7 Å². The SMILES string of the molecule is CC(Cl)c1nnc(NCc2ccncn2)o1. The van der Waals surface area contributed by atoms with Crippen LogP contribution in [-0.2, 0) is 6.54 Å². The van der Waals surface area contributed by atoms with E-state index >= 15 is 0 Å². The van der Waals surface area contributed by atoms with Crippen molar-refractivity contribution in [3.63, 3.8) is 0 Å². The predicted octanol–water partition coefficient (Wildman–Crippen LogP) is 1.77. The summed E-state index contributed by atoms with van der Waals surface area (Å²) in [7, 11) is 0. The first-order valence-electron chi connectivity index (χ1n) is 4.72. The second-order valence-electron chi connectivity index (χ2n) is 3.12. The Morgan fingerprint density at radius 3 is 3.00 bits per heavy atom. The molecule has 0 amide bonds. The molecule has 0 aliphatic rings. The van der Waals surface area contributed by atoms with Gasteiger partial charge in [-0.2, -0.15) is 0 Å². The van der Waals surface area contributed by atoms with E-state index in [1.807, 2.05) is 0 Å². The van der Waals surface area contributed by atoms with E-state index in [0.29, 0.717) is 18.5 Å². The standard InChI is InChI=1S/C9H10ClN5O/c1-6(10)8-14-15-9(16-8)12-4-7-2-3-11-5-13-7/h2-3,5-6H,4H2,1H3,(H,12,15).